The highest BCUT2D eigenvalue weighted by molar-refractivity contribution is 6.10. The van der Waals surface area contributed by atoms with E-state index in [2.05, 4.69) is 15.4 Å². The van der Waals surface area contributed by atoms with Gasteiger partial charge < -0.3 is 25.3 Å². The number of nitrogens with one attached hydrogen (secondary N) is 1. The Hall–Kier alpha value is -3.71. The predicted molar refractivity (Wildman–Crippen MR) is 140 cm³/mol. The van der Waals surface area contributed by atoms with Crippen LogP contribution in [0.3, 0.4) is 0 Å². The molecule has 2 amide bonds. The molecule has 5 rings (SSSR count). The summed E-state index contributed by atoms with van der Waals surface area (Å²) in [6, 6.07) is 4.97. The zero-order chi connectivity index (χ0) is 28.8. The summed E-state index contributed by atoms with van der Waals surface area (Å²) in [5.74, 6) is -1.46. The Labute approximate surface area is 228 Å². The number of halogens is 3. The fourth-order valence-electron chi connectivity index (χ4n) is 5.20. The van der Waals surface area contributed by atoms with Gasteiger partial charge in [0.05, 0.1) is 29.7 Å². The van der Waals surface area contributed by atoms with Crippen molar-refractivity contribution in [1.29, 1.82) is 0 Å². The topological polar surface area (TPSA) is 123 Å². The van der Waals surface area contributed by atoms with E-state index < -0.39 is 42.0 Å². The smallest absolute Gasteiger partial charge is 0.264 e. The molecule has 1 saturated heterocycles. The molecule has 1 fully saturated rings. The normalized spacial score (nSPS) is 17.9. The molecule has 10 nitrogen and oxygen atoms in total. The summed E-state index contributed by atoms with van der Waals surface area (Å²) < 4.78 is 42.2. The number of aliphatic hydroxyl groups is 2. The molecule has 13 heteroatoms. The second-order valence-corrected chi connectivity index (χ2v) is 10.9. The molecule has 3 aromatic rings. The number of aromatic nitrogens is 3. The lowest BCUT2D eigenvalue weighted by Crippen LogP contribution is -2.42. The molecule has 0 saturated carbocycles. The fraction of sp³-hybridized carbons (Fsp3) is 0.481. The van der Waals surface area contributed by atoms with E-state index in [4.69, 9.17) is 0 Å². The van der Waals surface area contributed by atoms with Gasteiger partial charge in [0.15, 0.2) is 5.65 Å². The molecule has 1 unspecified atom stereocenters. The minimum absolute atomic E-state index is 0.0920. The molecule has 0 aliphatic carbocycles. The molecule has 2 aliphatic heterocycles. The Morgan fingerprint density at radius 2 is 1.95 bits per heavy atom. The molecule has 2 atom stereocenters. The summed E-state index contributed by atoms with van der Waals surface area (Å²) in [4.78, 5) is 33.9. The monoisotopic (exact) mass is 560 g/mol. The Morgan fingerprint density at radius 1 is 1.23 bits per heavy atom. The number of piperidine rings is 1. The number of rotatable bonds is 8. The van der Waals surface area contributed by atoms with Gasteiger partial charge in [-0.15, -0.1) is 0 Å². The van der Waals surface area contributed by atoms with E-state index in [-0.39, 0.29) is 18.7 Å². The summed E-state index contributed by atoms with van der Waals surface area (Å²) >= 11 is 0. The average molecular weight is 561 g/mol. The maximum atomic E-state index is 14.6. The van der Waals surface area contributed by atoms with Crippen molar-refractivity contribution in [1.82, 2.24) is 19.5 Å². The fourth-order valence-corrected chi connectivity index (χ4v) is 5.20. The number of alkyl halides is 3. The van der Waals surface area contributed by atoms with Gasteiger partial charge in [0.25, 0.3) is 18.2 Å². The number of anilines is 2. The molecule has 0 radical (unpaired) electrons. The largest absolute Gasteiger partial charge is 0.387 e. The van der Waals surface area contributed by atoms with Gasteiger partial charge >= 0.3 is 0 Å². The number of hydrogen-bond donors (Lipinski definition) is 3. The van der Waals surface area contributed by atoms with Crippen molar-refractivity contribution in [2.45, 2.75) is 57.5 Å². The van der Waals surface area contributed by atoms with Crippen LogP contribution in [-0.2, 0) is 6.54 Å². The lowest BCUT2D eigenvalue weighted by atomic mass is 9.91. The highest BCUT2D eigenvalue weighted by Crippen LogP contribution is 2.38. The third-order valence-electron chi connectivity index (χ3n) is 7.64. The number of hydrogen-bond acceptors (Lipinski definition) is 7. The van der Waals surface area contributed by atoms with E-state index in [0.29, 0.717) is 54.1 Å². The van der Waals surface area contributed by atoms with Crippen molar-refractivity contribution in [3.8, 4) is 0 Å². The first kappa shape index (κ1) is 27.8. The second-order valence-electron chi connectivity index (χ2n) is 10.9. The van der Waals surface area contributed by atoms with Crippen LogP contribution in [0.25, 0.3) is 5.65 Å². The molecular formula is C27H31F3N6O4. The van der Waals surface area contributed by atoms with Crippen LogP contribution >= 0.6 is 0 Å². The minimum atomic E-state index is -2.84. The number of aliphatic hydroxyl groups excluding tert-OH is 1. The number of fused-ring (bicyclic) bond motifs is 2. The van der Waals surface area contributed by atoms with E-state index in [1.165, 1.54) is 29.5 Å². The van der Waals surface area contributed by atoms with Gasteiger partial charge in [-0.25, -0.2) is 22.7 Å². The van der Waals surface area contributed by atoms with Crippen LogP contribution in [-0.4, -0.2) is 85.5 Å². The van der Waals surface area contributed by atoms with Crippen molar-refractivity contribution in [2.75, 3.05) is 29.9 Å². The Kier molecular flexibility index (Phi) is 7.44. The molecular weight excluding hydrogens is 529 g/mol. The van der Waals surface area contributed by atoms with Crippen LogP contribution in [0.5, 0.6) is 0 Å². The van der Waals surface area contributed by atoms with Crippen molar-refractivity contribution >= 4 is 28.8 Å². The molecule has 2 aliphatic rings. The predicted octanol–water partition coefficient (Wildman–Crippen LogP) is 2.89. The molecule has 0 spiro atoms. The van der Waals surface area contributed by atoms with Gasteiger partial charge in [-0.2, -0.15) is 5.10 Å². The van der Waals surface area contributed by atoms with Gasteiger partial charge in [0.2, 0.25) is 0 Å². The van der Waals surface area contributed by atoms with Crippen LogP contribution in [0, 0.1) is 5.92 Å². The second kappa shape index (κ2) is 10.7. The van der Waals surface area contributed by atoms with Crippen molar-refractivity contribution in [2.24, 2.45) is 5.92 Å². The summed E-state index contributed by atoms with van der Waals surface area (Å²) in [6.07, 6.45) is -1.05. The summed E-state index contributed by atoms with van der Waals surface area (Å²) in [6.45, 7) is 3.09. The SMILES string of the molecule is CC(C)(O)C(F)CN1Cc2cc(NC(=O)c3cnn4cccnc34)c(N3CCC([C@H](O)C(F)F)CC3)cc2C1=O. The van der Waals surface area contributed by atoms with E-state index in [0.717, 1.165) is 0 Å². The molecule has 214 valence electrons. The van der Waals surface area contributed by atoms with Gasteiger partial charge in [-0.05, 0) is 56.4 Å². The van der Waals surface area contributed by atoms with E-state index >= 15 is 0 Å². The van der Waals surface area contributed by atoms with Crippen LogP contribution in [0.1, 0.15) is 53.0 Å². The van der Waals surface area contributed by atoms with Gasteiger partial charge in [-0.3, -0.25) is 9.59 Å². The average Bonchev–Trinajstić information content (AvgIpc) is 3.48. The van der Waals surface area contributed by atoms with E-state index in [1.807, 2.05) is 4.90 Å². The maximum Gasteiger partial charge on any atom is 0.264 e. The standard InChI is InChI=1S/C27H31F3N6O4/c1-27(2,40)21(28)14-35-13-16-10-19(33-25(38)18-12-32-36-7-3-6-31-24(18)36)20(11-17(16)26(35)39)34-8-4-15(5-9-34)22(37)23(29)30/h3,6-7,10-12,15,21-23,37,40H,4-5,8-9,13-14H2,1-2H3,(H,33,38)/t21?,22-/m0/s1. The van der Waals surface area contributed by atoms with Crippen LogP contribution in [0.2, 0.25) is 0 Å². The molecule has 40 heavy (non-hydrogen) atoms. The van der Waals surface area contributed by atoms with Gasteiger partial charge in [0, 0.05) is 37.6 Å². The lowest BCUT2D eigenvalue weighted by molar-refractivity contribution is -0.0441. The summed E-state index contributed by atoms with van der Waals surface area (Å²) in [5.41, 5.74) is 0.767. The van der Waals surface area contributed by atoms with Crippen LogP contribution in [0.15, 0.2) is 36.8 Å². The first-order chi connectivity index (χ1) is 18.9. The van der Waals surface area contributed by atoms with Crippen LogP contribution < -0.4 is 10.2 Å². The van der Waals surface area contributed by atoms with Crippen LogP contribution in [0.4, 0.5) is 24.5 Å². The number of carbonyl (C=O) groups excluding carboxylic acids is 2. The van der Waals surface area contributed by atoms with Crippen molar-refractivity contribution in [3.63, 3.8) is 0 Å². The quantitative estimate of drug-likeness (QED) is 0.387. The zero-order valence-electron chi connectivity index (χ0n) is 22.1. The van der Waals surface area contributed by atoms with Gasteiger partial charge in [0.1, 0.15) is 17.8 Å². The molecule has 2 aromatic heterocycles. The number of nitrogens with zero attached hydrogens (tertiary/aromatic N) is 5. The molecule has 1 aromatic carbocycles. The molecule has 4 heterocycles. The Balaban J connectivity index is 1.45. The number of benzene rings is 1. The van der Waals surface area contributed by atoms with Crippen molar-refractivity contribution in [3.05, 3.63) is 53.5 Å². The Bertz CT molecular complexity index is 1420. The van der Waals surface area contributed by atoms with E-state index in [9.17, 15) is 33.0 Å². The highest BCUT2D eigenvalue weighted by atomic mass is 19.3. The number of carbonyl (C=O) groups is 2. The third-order valence-corrected chi connectivity index (χ3v) is 7.64. The zero-order valence-corrected chi connectivity index (χ0v) is 22.1. The highest BCUT2D eigenvalue weighted by Gasteiger charge is 2.37. The summed E-state index contributed by atoms with van der Waals surface area (Å²) in [7, 11) is 0. The van der Waals surface area contributed by atoms with E-state index in [1.54, 1.807) is 30.6 Å². The van der Waals surface area contributed by atoms with Crippen molar-refractivity contribution < 1.29 is 33.0 Å². The minimum Gasteiger partial charge on any atom is -0.387 e. The molecule has 3 N–H and O–H groups in total. The van der Waals surface area contributed by atoms with Gasteiger partial charge in [-0.1, -0.05) is 0 Å². The first-order valence-electron chi connectivity index (χ1n) is 13.1. The first-order valence-corrected chi connectivity index (χ1v) is 13.1. The maximum absolute atomic E-state index is 14.6. The summed E-state index contributed by atoms with van der Waals surface area (Å²) in [5, 5.41) is 26.9. The molecule has 0 bridgehead atoms. The number of amides is 2. The lowest BCUT2D eigenvalue weighted by Gasteiger charge is -2.36. The third kappa shape index (κ3) is 5.35. The Morgan fingerprint density at radius 3 is 2.62 bits per heavy atom.